The Hall–Kier alpha value is -3.83. The lowest BCUT2D eigenvalue weighted by atomic mass is 10.0. The van der Waals surface area contributed by atoms with Crippen molar-refractivity contribution in [2.24, 2.45) is 7.05 Å². The van der Waals surface area contributed by atoms with Crippen LogP contribution in [0.5, 0.6) is 0 Å². The molecule has 10 nitrogen and oxygen atoms in total. The van der Waals surface area contributed by atoms with Crippen molar-refractivity contribution >= 4 is 44.1 Å². The second-order valence-electron chi connectivity index (χ2n) is 8.84. The van der Waals surface area contributed by atoms with Gasteiger partial charge in [0.25, 0.3) is 11.5 Å². The van der Waals surface area contributed by atoms with E-state index in [9.17, 15) is 18.0 Å². The minimum Gasteiger partial charge on any atom is -0.377 e. The second kappa shape index (κ2) is 9.91. The van der Waals surface area contributed by atoms with Crippen molar-refractivity contribution in [2.75, 3.05) is 11.6 Å². The third-order valence-electron chi connectivity index (χ3n) is 5.72. The molecule has 37 heavy (non-hydrogen) atoms. The Morgan fingerprint density at radius 3 is 2.49 bits per heavy atom. The van der Waals surface area contributed by atoms with Crippen LogP contribution in [-0.2, 0) is 17.1 Å². The number of nitrogens with one attached hydrogen (secondary N) is 2. The number of hydrogen-bond acceptors (Lipinski definition) is 8. The van der Waals surface area contributed by atoms with Gasteiger partial charge < -0.3 is 5.32 Å². The molecule has 192 valence electrons. The van der Waals surface area contributed by atoms with Gasteiger partial charge in [-0.15, -0.1) is 0 Å². The van der Waals surface area contributed by atoms with Crippen molar-refractivity contribution in [1.29, 1.82) is 0 Å². The second-order valence-corrected chi connectivity index (χ2v) is 11.0. The topological polar surface area (TPSA) is 136 Å². The van der Waals surface area contributed by atoms with Gasteiger partial charge in [-0.05, 0) is 56.7 Å². The Kier molecular flexibility index (Phi) is 7.03. The van der Waals surface area contributed by atoms with E-state index in [4.69, 9.17) is 16.6 Å². The number of fused-ring (bicyclic) bond motifs is 1. The van der Waals surface area contributed by atoms with Crippen molar-refractivity contribution in [3.05, 3.63) is 80.6 Å². The number of aryl methyl sites for hydroxylation is 2. The van der Waals surface area contributed by atoms with E-state index in [0.29, 0.717) is 27.9 Å². The average molecular weight is 541 g/mol. The SMILES string of the molecule is Cc1cc([C@@H](C)Nc2ccc(Cl)nc2C(=O)NS(C)(=O)=O)c2nc(-c3ccc(C)nc3)n(C)c(=O)c2c1. The fourth-order valence-electron chi connectivity index (χ4n) is 3.99. The predicted molar refractivity (Wildman–Crippen MR) is 143 cm³/mol. The van der Waals surface area contributed by atoms with Crippen LogP contribution in [0, 0.1) is 13.8 Å². The number of rotatable bonds is 6. The first-order valence-corrected chi connectivity index (χ1v) is 13.5. The van der Waals surface area contributed by atoms with Gasteiger partial charge in [-0.25, -0.2) is 23.1 Å². The highest BCUT2D eigenvalue weighted by molar-refractivity contribution is 7.89. The molecule has 0 radical (unpaired) electrons. The van der Waals surface area contributed by atoms with Crippen LogP contribution in [-0.4, -0.2) is 40.1 Å². The van der Waals surface area contributed by atoms with E-state index in [1.165, 1.54) is 16.7 Å². The Bertz CT molecular complexity index is 1700. The van der Waals surface area contributed by atoms with E-state index in [1.54, 1.807) is 19.3 Å². The standard InChI is InChI=1S/C25H25ClN6O4S/c1-13-10-17(15(3)28-19-8-9-20(26)29-22(19)24(33)31-37(5,35)36)21-18(11-13)25(34)32(4)23(30-21)16-7-6-14(2)27-12-16/h6-12,15,28H,1-5H3,(H,31,33)/t15-/m1/s1. The lowest BCUT2D eigenvalue weighted by Gasteiger charge is -2.20. The van der Waals surface area contributed by atoms with Crippen LogP contribution in [0.3, 0.4) is 0 Å². The van der Waals surface area contributed by atoms with E-state index in [2.05, 4.69) is 15.3 Å². The lowest BCUT2D eigenvalue weighted by molar-refractivity contribution is 0.0977. The van der Waals surface area contributed by atoms with Crippen LogP contribution >= 0.6 is 11.6 Å². The van der Waals surface area contributed by atoms with Crippen LogP contribution in [0.1, 0.15) is 40.3 Å². The summed E-state index contributed by atoms with van der Waals surface area (Å²) in [5.74, 6) is -0.460. The number of nitrogens with zero attached hydrogens (tertiary/aromatic N) is 4. The minimum atomic E-state index is -3.82. The quantitative estimate of drug-likeness (QED) is 0.354. The third-order valence-corrected chi connectivity index (χ3v) is 6.48. The van der Waals surface area contributed by atoms with E-state index >= 15 is 0 Å². The molecule has 0 aliphatic carbocycles. The van der Waals surface area contributed by atoms with Gasteiger partial charge in [0.05, 0.1) is 28.9 Å². The molecule has 1 amide bonds. The molecule has 1 atom stereocenters. The fourth-order valence-corrected chi connectivity index (χ4v) is 4.57. The number of carbonyl (C=O) groups excluding carboxylic acids is 1. The monoisotopic (exact) mass is 540 g/mol. The van der Waals surface area contributed by atoms with Crippen LogP contribution in [0.2, 0.25) is 5.15 Å². The zero-order valence-corrected chi connectivity index (χ0v) is 22.4. The molecule has 0 aliphatic heterocycles. The Balaban J connectivity index is 1.83. The first-order chi connectivity index (χ1) is 17.3. The molecule has 0 bridgehead atoms. The summed E-state index contributed by atoms with van der Waals surface area (Å²) in [6.45, 7) is 5.59. The Morgan fingerprint density at radius 1 is 1.11 bits per heavy atom. The number of aromatic nitrogens is 4. The van der Waals surface area contributed by atoms with Gasteiger partial charge in [-0.3, -0.25) is 19.1 Å². The van der Waals surface area contributed by atoms with Gasteiger partial charge in [0, 0.05) is 30.1 Å². The van der Waals surface area contributed by atoms with Gasteiger partial charge in [-0.1, -0.05) is 17.7 Å². The summed E-state index contributed by atoms with van der Waals surface area (Å²) < 4.78 is 26.6. The van der Waals surface area contributed by atoms with Crippen molar-refractivity contribution in [3.8, 4) is 11.4 Å². The number of anilines is 1. The highest BCUT2D eigenvalue weighted by Crippen LogP contribution is 2.29. The van der Waals surface area contributed by atoms with Gasteiger partial charge >= 0.3 is 0 Å². The van der Waals surface area contributed by atoms with E-state index in [-0.39, 0.29) is 22.1 Å². The van der Waals surface area contributed by atoms with E-state index in [1.807, 2.05) is 43.7 Å². The Morgan fingerprint density at radius 2 is 1.84 bits per heavy atom. The van der Waals surface area contributed by atoms with Crippen LogP contribution in [0.4, 0.5) is 5.69 Å². The molecule has 1 aromatic carbocycles. The maximum atomic E-state index is 13.3. The minimum absolute atomic E-state index is 0.0272. The number of hydrogen-bond donors (Lipinski definition) is 2. The summed E-state index contributed by atoms with van der Waals surface area (Å²) in [5.41, 5.74) is 3.46. The normalized spacial score (nSPS) is 12.4. The van der Waals surface area contributed by atoms with Crippen molar-refractivity contribution in [2.45, 2.75) is 26.8 Å². The van der Waals surface area contributed by atoms with Gasteiger partial charge in [0.15, 0.2) is 5.69 Å². The molecule has 4 aromatic rings. The molecule has 0 fully saturated rings. The predicted octanol–water partition coefficient (Wildman–Crippen LogP) is 3.52. The number of amides is 1. The smallest absolute Gasteiger partial charge is 0.285 e. The molecule has 2 N–H and O–H groups in total. The van der Waals surface area contributed by atoms with Crippen molar-refractivity contribution < 1.29 is 13.2 Å². The molecular weight excluding hydrogens is 516 g/mol. The molecule has 3 aromatic heterocycles. The summed E-state index contributed by atoms with van der Waals surface area (Å²) in [5, 5.41) is 3.67. The molecule has 12 heteroatoms. The highest BCUT2D eigenvalue weighted by atomic mass is 35.5. The summed E-state index contributed by atoms with van der Waals surface area (Å²) in [4.78, 5) is 39.1. The Labute approximate surface area is 218 Å². The van der Waals surface area contributed by atoms with Crippen LogP contribution in [0.25, 0.3) is 22.3 Å². The maximum absolute atomic E-state index is 13.3. The summed E-state index contributed by atoms with van der Waals surface area (Å²) in [6, 6.07) is 9.96. The zero-order valence-electron chi connectivity index (χ0n) is 20.8. The van der Waals surface area contributed by atoms with Crippen molar-refractivity contribution in [1.82, 2.24) is 24.2 Å². The number of sulfonamides is 1. The van der Waals surface area contributed by atoms with Gasteiger partial charge in [-0.2, -0.15) is 0 Å². The number of benzene rings is 1. The maximum Gasteiger partial charge on any atom is 0.285 e. The average Bonchev–Trinajstić information content (AvgIpc) is 2.82. The number of carbonyl (C=O) groups is 1. The zero-order chi connectivity index (χ0) is 27.1. The van der Waals surface area contributed by atoms with Crippen LogP contribution in [0.15, 0.2) is 47.4 Å². The molecule has 0 saturated heterocycles. The molecule has 0 saturated carbocycles. The molecular formula is C25H25ClN6O4S. The lowest BCUT2D eigenvalue weighted by Crippen LogP contribution is -2.31. The largest absolute Gasteiger partial charge is 0.377 e. The highest BCUT2D eigenvalue weighted by Gasteiger charge is 2.22. The molecule has 4 rings (SSSR count). The van der Waals surface area contributed by atoms with E-state index < -0.39 is 22.0 Å². The van der Waals surface area contributed by atoms with E-state index in [0.717, 1.165) is 17.5 Å². The molecule has 0 spiro atoms. The first kappa shape index (κ1) is 26.2. The number of pyridine rings is 2. The molecule has 0 aliphatic rings. The number of halogens is 1. The van der Waals surface area contributed by atoms with Gasteiger partial charge in [0.2, 0.25) is 10.0 Å². The fraction of sp³-hybridized carbons (Fsp3) is 0.240. The molecule has 0 unspecified atom stereocenters. The first-order valence-electron chi connectivity index (χ1n) is 11.2. The third kappa shape index (κ3) is 5.62. The van der Waals surface area contributed by atoms with Crippen molar-refractivity contribution in [3.63, 3.8) is 0 Å². The summed E-state index contributed by atoms with van der Waals surface area (Å²) >= 11 is 5.98. The molecule has 3 heterocycles. The summed E-state index contributed by atoms with van der Waals surface area (Å²) in [7, 11) is -2.16. The van der Waals surface area contributed by atoms with Crippen LogP contribution < -0.4 is 15.6 Å². The summed E-state index contributed by atoms with van der Waals surface area (Å²) in [6.07, 6.45) is 2.54. The van der Waals surface area contributed by atoms with Gasteiger partial charge in [0.1, 0.15) is 11.0 Å².